The Hall–Kier alpha value is -3.15. The van der Waals surface area contributed by atoms with Gasteiger partial charge in [0.1, 0.15) is 5.75 Å². The lowest BCUT2D eigenvalue weighted by Gasteiger charge is -2.18. The summed E-state index contributed by atoms with van der Waals surface area (Å²) >= 11 is 0. The number of aromatic carboxylic acids is 1. The summed E-state index contributed by atoms with van der Waals surface area (Å²) in [4.78, 5) is 11.7. The second-order valence-electron chi connectivity index (χ2n) is 6.10. The predicted molar refractivity (Wildman–Crippen MR) is 108 cm³/mol. The van der Waals surface area contributed by atoms with Crippen LogP contribution in [0.4, 0.5) is 0 Å². The third-order valence-electron chi connectivity index (χ3n) is 4.22. The highest BCUT2D eigenvalue weighted by Gasteiger charge is 2.18. The maximum Gasteiger partial charge on any atom is 0.335 e. The lowest BCUT2D eigenvalue weighted by Crippen LogP contribution is -2.09. The molecule has 0 fully saturated rings. The Morgan fingerprint density at radius 1 is 0.857 bits per heavy atom. The first kappa shape index (κ1) is 19.6. The van der Waals surface area contributed by atoms with Crippen LogP contribution in [0.25, 0.3) is 22.3 Å². The highest BCUT2D eigenvalue weighted by atomic mass is 16.7. The molecular weight excluding hydrogens is 356 g/mol. The molecule has 0 radical (unpaired) electrons. The Bertz CT molecular complexity index is 846. The average molecular weight is 378 g/mol. The largest absolute Gasteiger partial charge is 0.478 e. The number of hydrogen-bond acceptors (Lipinski definition) is 4. The van der Waals surface area contributed by atoms with Gasteiger partial charge >= 0.3 is 5.97 Å². The molecule has 3 aromatic carbocycles. The van der Waals surface area contributed by atoms with Crippen LogP contribution >= 0.6 is 0 Å². The van der Waals surface area contributed by atoms with Gasteiger partial charge in [0.15, 0.2) is 6.79 Å². The maximum absolute atomic E-state index is 11.7. The van der Waals surface area contributed by atoms with Crippen molar-refractivity contribution in [3.05, 3.63) is 78.4 Å². The van der Waals surface area contributed by atoms with Crippen LogP contribution in [-0.4, -0.2) is 38.2 Å². The number of benzene rings is 3. The van der Waals surface area contributed by atoms with E-state index < -0.39 is 5.97 Å². The molecule has 0 aliphatic heterocycles. The van der Waals surface area contributed by atoms with E-state index in [1.165, 1.54) is 0 Å². The van der Waals surface area contributed by atoms with E-state index in [-0.39, 0.29) is 12.4 Å². The molecule has 0 saturated heterocycles. The molecule has 1 N–H and O–H groups in total. The van der Waals surface area contributed by atoms with Crippen molar-refractivity contribution in [1.29, 1.82) is 0 Å². The van der Waals surface area contributed by atoms with E-state index in [4.69, 9.17) is 14.2 Å². The molecule has 3 rings (SSSR count). The van der Waals surface area contributed by atoms with Crippen LogP contribution in [0.15, 0.2) is 72.8 Å². The Morgan fingerprint density at radius 3 is 1.86 bits per heavy atom. The van der Waals surface area contributed by atoms with Crippen molar-refractivity contribution in [1.82, 2.24) is 0 Å². The van der Waals surface area contributed by atoms with Crippen LogP contribution < -0.4 is 4.74 Å². The zero-order valence-electron chi connectivity index (χ0n) is 15.6. The van der Waals surface area contributed by atoms with Gasteiger partial charge in [-0.05, 0) is 23.3 Å². The summed E-state index contributed by atoms with van der Waals surface area (Å²) in [5.41, 5.74) is 3.35. The number of carbonyl (C=O) groups is 1. The van der Waals surface area contributed by atoms with E-state index >= 15 is 0 Å². The van der Waals surface area contributed by atoms with Gasteiger partial charge in [-0.25, -0.2) is 4.79 Å². The van der Waals surface area contributed by atoms with Gasteiger partial charge in [-0.3, -0.25) is 0 Å². The van der Waals surface area contributed by atoms with Crippen LogP contribution in [0.5, 0.6) is 5.75 Å². The fraction of sp³-hybridized carbons (Fsp3) is 0.174. The van der Waals surface area contributed by atoms with Gasteiger partial charge < -0.3 is 19.3 Å². The van der Waals surface area contributed by atoms with Crippen molar-refractivity contribution < 1.29 is 24.1 Å². The molecular formula is C23H22O5. The molecule has 144 valence electrons. The molecule has 0 spiro atoms. The SMILES string of the molecule is COCCOCOc1c(-c2ccccc2)cc(C(=O)O)cc1-c1ccccc1. The van der Waals surface area contributed by atoms with E-state index in [9.17, 15) is 9.90 Å². The Balaban J connectivity index is 2.09. The number of carboxylic acid groups (broad SMARTS) is 1. The summed E-state index contributed by atoms with van der Waals surface area (Å²) < 4.78 is 16.4. The lowest BCUT2D eigenvalue weighted by molar-refractivity contribution is -0.00797. The van der Waals surface area contributed by atoms with Crippen LogP contribution in [0, 0.1) is 0 Å². The van der Waals surface area contributed by atoms with Gasteiger partial charge in [0.2, 0.25) is 0 Å². The number of carboxylic acids is 1. The Morgan fingerprint density at radius 2 is 1.39 bits per heavy atom. The quantitative estimate of drug-likeness (QED) is 0.431. The predicted octanol–water partition coefficient (Wildman–Crippen LogP) is 4.72. The third-order valence-corrected chi connectivity index (χ3v) is 4.22. The molecule has 0 aromatic heterocycles. The molecule has 0 bridgehead atoms. The van der Waals surface area contributed by atoms with Gasteiger partial charge in [0.05, 0.1) is 18.8 Å². The first-order valence-electron chi connectivity index (χ1n) is 8.92. The standard InChI is InChI=1S/C23H22O5/c1-26-12-13-27-16-28-22-20(17-8-4-2-5-9-17)14-19(23(24)25)15-21(22)18-10-6-3-7-11-18/h2-11,14-15H,12-13,16H2,1H3,(H,24,25). The Kier molecular flexibility index (Phi) is 6.78. The average Bonchev–Trinajstić information content (AvgIpc) is 2.74. The summed E-state index contributed by atoms with van der Waals surface area (Å²) in [7, 11) is 1.61. The maximum atomic E-state index is 11.7. The molecule has 0 saturated carbocycles. The lowest BCUT2D eigenvalue weighted by atomic mass is 9.94. The van der Waals surface area contributed by atoms with Gasteiger partial charge in [-0.15, -0.1) is 0 Å². The van der Waals surface area contributed by atoms with Gasteiger partial charge in [0, 0.05) is 18.2 Å². The second kappa shape index (κ2) is 9.69. The number of rotatable bonds is 9. The Labute approximate surface area is 164 Å². The normalized spacial score (nSPS) is 10.6. The van der Waals surface area contributed by atoms with Crippen molar-refractivity contribution in [2.24, 2.45) is 0 Å². The van der Waals surface area contributed by atoms with E-state index in [0.29, 0.717) is 30.1 Å². The monoisotopic (exact) mass is 378 g/mol. The summed E-state index contributed by atoms with van der Waals surface area (Å²) in [5, 5.41) is 9.61. The highest BCUT2D eigenvalue weighted by Crippen LogP contribution is 2.40. The molecule has 0 atom stereocenters. The van der Waals surface area contributed by atoms with Crippen molar-refractivity contribution in [2.75, 3.05) is 27.1 Å². The zero-order chi connectivity index (χ0) is 19.8. The van der Waals surface area contributed by atoms with Gasteiger partial charge in [-0.1, -0.05) is 60.7 Å². The number of ether oxygens (including phenoxy) is 3. The summed E-state index contributed by atoms with van der Waals surface area (Å²) in [5.74, 6) is -0.405. The molecule has 0 unspecified atom stereocenters. The smallest absolute Gasteiger partial charge is 0.335 e. The topological polar surface area (TPSA) is 65.0 Å². The summed E-state index contributed by atoms with van der Waals surface area (Å²) in [6, 6.07) is 22.4. The molecule has 0 aliphatic carbocycles. The first-order chi connectivity index (χ1) is 13.7. The molecule has 0 amide bonds. The minimum atomic E-state index is -0.989. The van der Waals surface area contributed by atoms with E-state index in [1.54, 1.807) is 19.2 Å². The third kappa shape index (κ3) is 4.76. The van der Waals surface area contributed by atoms with Crippen LogP contribution in [0.2, 0.25) is 0 Å². The van der Waals surface area contributed by atoms with E-state index in [0.717, 1.165) is 11.1 Å². The number of methoxy groups -OCH3 is 1. The van der Waals surface area contributed by atoms with Gasteiger partial charge in [0.25, 0.3) is 0 Å². The first-order valence-corrected chi connectivity index (χ1v) is 8.92. The second-order valence-corrected chi connectivity index (χ2v) is 6.10. The summed E-state index contributed by atoms with van der Waals surface area (Å²) in [6.45, 7) is 0.916. The molecule has 28 heavy (non-hydrogen) atoms. The van der Waals surface area contributed by atoms with E-state index in [1.807, 2.05) is 60.7 Å². The number of hydrogen-bond donors (Lipinski definition) is 1. The van der Waals surface area contributed by atoms with Gasteiger partial charge in [-0.2, -0.15) is 0 Å². The minimum Gasteiger partial charge on any atom is -0.478 e. The minimum absolute atomic E-state index is 0.0371. The van der Waals surface area contributed by atoms with Crippen LogP contribution in [0.3, 0.4) is 0 Å². The fourth-order valence-corrected chi connectivity index (χ4v) is 2.87. The molecule has 5 heteroatoms. The molecule has 0 heterocycles. The highest BCUT2D eigenvalue weighted by molar-refractivity contribution is 5.95. The van der Waals surface area contributed by atoms with Crippen molar-refractivity contribution in [3.63, 3.8) is 0 Å². The van der Waals surface area contributed by atoms with Crippen LogP contribution in [0.1, 0.15) is 10.4 Å². The van der Waals surface area contributed by atoms with E-state index in [2.05, 4.69) is 0 Å². The molecule has 3 aromatic rings. The molecule has 0 aliphatic rings. The van der Waals surface area contributed by atoms with Crippen molar-refractivity contribution >= 4 is 5.97 Å². The van der Waals surface area contributed by atoms with Crippen LogP contribution in [-0.2, 0) is 9.47 Å². The zero-order valence-corrected chi connectivity index (χ0v) is 15.6. The van der Waals surface area contributed by atoms with Crippen molar-refractivity contribution in [2.45, 2.75) is 0 Å². The summed E-state index contributed by atoms with van der Waals surface area (Å²) in [6.07, 6.45) is 0. The van der Waals surface area contributed by atoms with Crippen molar-refractivity contribution in [3.8, 4) is 28.0 Å². The fourth-order valence-electron chi connectivity index (χ4n) is 2.87. The molecule has 5 nitrogen and oxygen atoms in total.